The molecule has 2 aromatic heterocycles. The van der Waals surface area contributed by atoms with Crippen molar-refractivity contribution in [1.82, 2.24) is 19.6 Å². The van der Waals surface area contributed by atoms with Gasteiger partial charge in [0, 0.05) is 40.3 Å². The standard InChI is InChI=1S/C27H22FN3O5.C26H22FN3O3.Co/c1-3-36-27(35)17-10-12-19(13-11-17)31-25(32)21(23(30-31)18-7-4-6-16(2)14-18)15-29-24-20(26(33)34)8-5-9-22(24)28;1-3-17-10-12-19(13-11-17)30-25(31)21(23(29-30)18-7-4-6-16(2)14-18)15-28-24-20(26(32)33)8-5-9-22(24)27;/h4-15,32H,3H2,1-2H3,(H,33,34);4-15,31H,3H2,1-2H3,(H,32,33);. The number of carbonyl (C=O) groups is 3. The molecule has 14 nitrogen and oxygen atoms in total. The molecule has 0 aliphatic rings. The number of esters is 1. The summed E-state index contributed by atoms with van der Waals surface area (Å²) in [6.45, 7) is 7.86. The van der Waals surface area contributed by atoms with Crippen LogP contribution in [0.5, 0.6) is 11.8 Å². The van der Waals surface area contributed by atoms with Crippen molar-refractivity contribution in [1.29, 1.82) is 0 Å². The van der Waals surface area contributed by atoms with E-state index >= 15 is 0 Å². The van der Waals surface area contributed by atoms with Crippen molar-refractivity contribution in [3.63, 3.8) is 0 Å². The van der Waals surface area contributed by atoms with E-state index in [9.17, 15) is 43.6 Å². The first-order valence-electron chi connectivity index (χ1n) is 21.5. The molecular formula is C53H44CoF2N6O8. The van der Waals surface area contributed by atoms with E-state index < -0.39 is 29.5 Å². The zero-order valence-electron chi connectivity index (χ0n) is 38.0. The molecule has 0 fully saturated rings. The van der Waals surface area contributed by atoms with E-state index in [4.69, 9.17) is 4.74 Å². The van der Waals surface area contributed by atoms with Crippen LogP contribution in [0.15, 0.2) is 143 Å². The topological polar surface area (TPSA) is 202 Å². The van der Waals surface area contributed by atoms with Crippen LogP contribution in [0.25, 0.3) is 33.9 Å². The van der Waals surface area contributed by atoms with Crippen molar-refractivity contribution in [2.75, 3.05) is 6.61 Å². The number of carbonyl (C=O) groups excluding carboxylic acids is 1. The second kappa shape index (κ2) is 22.5. The number of aryl methyl sites for hydroxylation is 3. The third kappa shape index (κ3) is 11.2. The molecule has 6 aromatic carbocycles. The van der Waals surface area contributed by atoms with Gasteiger partial charge in [0.25, 0.3) is 0 Å². The average Bonchev–Trinajstić information content (AvgIpc) is 3.85. The molecule has 4 N–H and O–H groups in total. The normalized spacial score (nSPS) is 11.0. The number of benzene rings is 6. The molecule has 17 heteroatoms. The van der Waals surface area contributed by atoms with Gasteiger partial charge in [-0.15, -0.1) is 0 Å². The SMILES string of the molecule is CCOC(=O)c1ccc(-n2nc(-c3cccc(C)c3)c(C=Nc3c(F)cccc3C(=O)O)c2O)cc1.CCc1ccc(-n2nc(-c3cccc(C)c3)c(C=Nc3c(F)cccc3C(=O)O)c2O)cc1.[Co]. The van der Waals surface area contributed by atoms with Crippen molar-refractivity contribution >= 4 is 41.7 Å². The number of aromatic carboxylic acids is 2. The fourth-order valence-electron chi connectivity index (χ4n) is 7.17. The molecule has 1 radical (unpaired) electrons. The summed E-state index contributed by atoms with van der Waals surface area (Å²) >= 11 is 0. The maximum atomic E-state index is 14.4. The summed E-state index contributed by atoms with van der Waals surface area (Å²) in [5.74, 6) is -5.17. The minimum absolute atomic E-state index is 0. The minimum atomic E-state index is -1.33. The predicted molar refractivity (Wildman–Crippen MR) is 257 cm³/mol. The van der Waals surface area contributed by atoms with Crippen molar-refractivity contribution in [2.24, 2.45) is 9.98 Å². The molecule has 0 bridgehead atoms. The molecule has 70 heavy (non-hydrogen) atoms. The van der Waals surface area contributed by atoms with Gasteiger partial charge in [-0.2, -0.15) is 10.2 Å². The summed E-state index contributed by atoms with van der Waals surface area (Å²) in [5, 5.41) is 50.1. The Kier molecular flexibility index (Phi) is 16.3. The number of rotatable bonds is 13. The van der Waals surface area contributed by atoms with Crippen LogP contribution in [0.4, 0.5) is 20.2 Å². The van der Waals surface area contributed by atoms with Gasteiger partial charge in [0.1, 0.15) is 34.4 Å². The van der Waals surface area contributed by atoms with Gasteiger partial charge in [-0.05, 0) is 106 Å². The van der Waals surface area contributed by atoms with Gasteiger partial charge in [0.05, 0.1) is 45.8 Å². The third-order valence-corrected chi connectivity index (χ3v) is 10.7. The van der Waals surface area contributed by atoms with E-state index in [-0.39, 0.29) is 68.8 Å². The molecule has 0 unspecified atom stereocenters. The number of hydrogen-bond acceptors (Lipinski definition) is 10. The molecular weight excluding hydrogens is 946 g/mol. The molecule has 357 valence electrons. The Bertz CT molecular complexity index is 3280. The number of ether oxygens (including phenoxy) is 1. The smallest absolute Gasteiger partial charge is 0.338 e. The van der Waals surface area contributed by atoms with Crippen LogP contribution in [-0.2, 0) is 27.9 Å². The van der Waals surface area contributed by atoms with Crippen LogP contribution in [0.3, 0.4) is 0 Å². The number of hydrogen-bond donors (Lipinski definition) is 4. The summed E-state index contributed by atoms with van der Waals surface area (Å²) in [4.78, 5) is 43.2. The van der Waals surface area contributed by atoms with E-state index in [0.29, 0.717) is 33.9 Å². The average molecular weight is 990 g/mol. The number of carboxylic acids is 2. The number of aromatic nitrogens is 4. The number of para-hydroxylation sites is 2. The van der Waals surface area contributed by atoms with Crippen molar-refractivity contribution < 1.29 is 65.1 Å². The van der Waals surface area contributed by atoms with Gasteiger partial charge < -0.3 is 25.2 Å². The Hall–Kier alpha value is -8.54. The Morgan fingerprint density at radius 2 is 1.03 bits per heavy atom. The van der Waals surface area contributed by atoms with Crippen LogP contribution >= 0.6 is 0 Å². The van der Waals surface area contributed by atoms with Crippen molar-refractivity contribution in [3.8, 4) is 45.6 Å². The fourth-order valence-corrected chi connectivity index (χ4v) is 7.17. The maximum absolute atomic E-state index is 14.4. The molecule has 2 heterocycles. The Balaban J connectivity index is 0.000000227. The number of carboxylic acid groups (broad SMARTS) is 2. The van der Waals surface area contributed by atoms with Crippen LogP contribution in [0.2, 0.25) is 0 Å². The number of aliphatic imine (C=N–C) groups is 2. The van der Waals surface area contributed by atoms with Gasteiger partial charge in [0.15, 0.2) is 0 Å². The minimum Gasteiger partial charge on any atom is -0.493 e. The van der Waals surface area contributed by atoms with E-state index in [1.165, 1.54) is 46.1 Å². The first-order valence-corrected chi connectivity index (χ1v) is 21.5. The van der Waals surface area contributed by atoms with Crippen molar-refractivity contribution in [2.45, 2.75) is 34.1 Å². The summed E-state index contributed by atoms with van der Waals surface area (Å²) < 4.78 is 36.4. The fraction of sp³-hybridized carbons (Fsp3) is 0.113. The first kappa shape index (κ1) is 50.9. The van der Waals surface area contributed by atoms with Gasteiger partial charge in [0.2, 0.25) is 11.8 Å². The molecule has 0 aliphatic carbocycles. The van der Waals surface area contributed by atoms with Gasteiger partial charge >= 0.3 is 17.9 Å². The maximum Gasteiger partial charge on any atom is 0.338 e. The molecule has 8 rings (SSSR count). The van der Waals surface area contributed by atoms with Crippen LogP contribution in [0, 0.1) is 25.5 Å². The molecule has 0 saturated heterocycles. The molecule has 8 aromatic rings. The summed E-state index contributed by atoms with van der Waals surface area (Å²) in [6.07, 6.45) is 3.32. The van der Waals surface area contributed by atoms with Gasteiger partial charge in [-0.3, -0.25) is 9.98 Å². The molecule has 0 aliphatic heterocycles. The summed E-state index contributed by atoms with van der Waals surface area (Å²) in [6, 6.07) is 36.2. The van der Waals surface area contributed by atoms with Crippen LogP contribution in [-0.4, -0.2) is 76.9 Å². The zero-order valence-corrected chi connectivity index (χ0v) is 39.0. The Labute approximate surface area is 410 Å². The molecule has 0 spiro atoms. The quantitative estimate of drug-likeness (QED) is 0.0636. The second-order valence-electron chi connectivity index (χ2n) is 15.4. The zero-order chi connectivity index (χ0) is 49.4. The van der Waals surface area contributed by atoms with E-state index in [1.807, 2.05) is 80.6 Å². The predicted octanol–water partition coefficient (Wildman–Crippen LogP) is 11.0. The van der Waals surface area contributed by atoms with E-state index in [0.717, 1.165) is 40.8 Å². The number of halogens is 2. The summed E-state index contributed by atoms with van der Waals surface area (Å²) in [7, 11) is 0. The Morgan fingerprint density at radius 3 is 1.41 bits per heavy atom. The largest absolute Gasteiger partial charge is 0.493 e. The van der Waals surface area contributed by atoms with Gasteiger partial charge in [-0.1, -0.05) is 78.7 Å². The number of nitrogens with zero attached hydrogens (tertiary/aromatic N) is 6. The third-order valence-electron chi connectivity index (χ3n) is 10.7. The van der Waals surface area contributed by atoms with E-state index in [1.54, 1.807) is 37.3 Å². The monoisotopic (exact) mass is 989 g/mol. The van der Waals surface area contributed by atoms with Crippen LogP contribution < -0.4 is 0 Å². The van der Waals surface area contributed by atoms with Crippen molar-refractivity contribution in [3.05, 3.63) is 190 Å². The number of aromatic hydroxyl groups is 2. The summed E-state index contributed by atoms with van der Waals surface area (Å²) in [5.41, 5.74) is 5.86. The van der Waals surface area contributed by atoms with Gasteiger partial charge in [-0.25, -0.2) is 32.5 Å². The molecule has 0 amide bonds. The first-order chi connectivity index (χ1) is 33.2. The second-order valence-corrected chi connectivity index (χ2v) is 15.4. The van der Waals surface area contributed by atoms with E-state index in [2.05, 4.69) is 27.1 Å². The van der Waals surface area contributed by atoms with Crippen LogP contribution in [0.1, 0.15) is 72.7 Å². The molecule has 0 atom stereocenters. The Morgan fingerprint density at radius 1 is 0.614 bits per heavy atom. The molecule has 0 saturated carbocycles.